The number of nitrogens with zero attached hydrogens (tertiary/aromatic N) is 2. The Morgan fingerprint density at radius 3 is 2.57 bits per heavy atom. The third-order valence-electron chi connectivity index (χ3n) is 3.21. The molecule has 0 aliphatic rings. The first kappa shape index (κ1) is 16.1. The molecule has 112 valence electrons. The van der Waals surface area contributed by atoms with Crippen molar-refractivity contribution < 1.29 is 0 Å². The van der Waals surface area contributed by atoms with Gasteiger partial charge in [-0.25, -0.2) is 4.98 Å². The Balaban J connectivity index is 2.13. The Morgan fingerprint density at radius 1 is 1.05 bits per heavy atom. The van der Waals surface area contributed by atoms with Crippen LogP contribution in [0.3, 0.4) is 0 Å². The number of anilines is 1. The van der Waals surface area contributed by atoms with Crippen LogP contribution in [0.1, 0.15) is 18.4 Å². The van der Waals surface area contributed by atoms with Crippen molar-refractivity contribution in [3.05, 3.63) is 58.2 Å². The van der Waals surface area contributed by atoms with E-state index >= 15 is 0 Å². The predicted octanol–water partition coefficient (Wildman–Crippen LogP) is 4.13. The van der Waals surface area contributed by atoms with Crippen molar-refractivity contribution in [1.29, 1.82) is 0 Å². The van der Waals surface area contributed by atoms with Crippen LogP contribution in [0.2, 0.25) is 10.0 Å². The van der Waals surface area contributed by atoms with Crippen LogP contribution in [-0.4, -0.2) is 18.1 Å². The molecule has 1 heterocycles. The van der Waals surface area contributed by atoms with Gasteiger partial charge in [-0.2, -0.15) is 0 Å². The highest BCUT2D eigenvalue weighted by atomic mass is 35.5. The van der Waals surface area contributed by atoms with E-state index in [-0.39, 0.29) is 0 Å². The lowest BCUT2D eigenvalue weighted by Gasteiger charge is -2.24. The number of benzene rings is 1. The Labute approximate surface area is 135 Å². The van der Waals surface area contributed by atoms with Crippen molar-refractivity contribution in [1.82, 2.24) is 4.98 Å². The van der Waals surface area contributed by atoms with Crippen molar-refractivity contribution in [3.63, 3.8) is 0 Å². The highest BCUT2D eigenvalue weighted by Gasteiger charge is 2.09. The highest BCUT2D eigenvalue weighted by Crippen LogP contribution is 2.24. The zero-order valence-corrected chi connectivity index (χ0v) is 13.3. The highest BCUT2D eigenvalue weighted by molar-refractivity contribution is 6.42. The fraction of sp³-hybridized carbons (Fsp3) is 0.312. The number of rotatable bonds is 7. The summed E-state index contributed by atoms with van der Waals surface area (Å²) in [7, 11) is 0. The molecule has 0 aliphatic heterocycles. The number of halogens is 2. The van der Waals surface area contributed by atoms with Crippen LogP contribution in [0, 0.1) is 0 Å². The van der Waals surface area contributed by atoms with Gasteiger partial charge < -0.3 is 10.6 Å². The maximum Gasteiger partial charge on any atom is 0.128 e. The third kappa shape index (κ3) is 4.88. The summed E-state index contributed by atoms with van der Waals surface area (Å²) >= 11 is 12.1. The molecular formula is C16H19Cl2N3. The smallest absolute Gasteiger partial charge is 0.128 e. The Bertz CT molecular complexity index is 561. The fourth-order valence-electron chi connectivity index (χ4n) is 2.12. The van der Waals surface area contributed by atoms with Crippen molar-refractivity contribution in [2.45, 2.75) is 19.4 Å². The minimum atomic E-state index is 0.577. The molecule has 0 radical (unpaired) electrons. The van der Waals surface area contributed by atoms with Gasteiger partial charge in [-0.05, 0) is 49.2 Å². The van der Waals surface area contributed by atoms with Crippen LogP contribution in [0.5, 0.6) is 0 Å². The minimum Gasteiger partial charge on any atom is -0.352 e. The molecule has 3 nitrogen and oxygen atoms in total. The molecule has 0 fully saturated rings. The standard InChI is InChI=1S/C16H19Cl2N3/c17-14-7-6-13(11-15(14)18)12-21(10-4-2-8-19)16-5-1-3-9-20-16/h1,3,5-7,9,11H,2,4,8,10,12,19H2. The topological polar surface area (TPSA) is 42.1 Å². The van der Waals surface area contributed by atoms with Crippen LogP contribution in [0.4, 0.5) is 5.82 Å². The van der Waals surface area contributed by atoms with Gasteiger partial charge in [0.05, 0.1) is 10.0 Å². The summed E-state index contributed by atoms with van der Waals surface area (Å²) in [5, 5.41) is 1.16. The summed E-state index contributed by atoms with van der Waals surface area (Å²) in [4.78, 5) is 6.66. The van der Waals surface area contributed by atoms with Crippen LogP contribution >= 0.6 is 23.2 Å². The average molecular weight is 324 g/mol. The van der Waals surface area contributed by atoms with E-state index in [9.17, 15) is 0 Å². The summed E-state index contributed by atoms with van der Waals surface area (Å²) in [6.07, 6.45) is 3.85. The summed E-state index contributed by atoms with van der Waals surface area (Å²) in [5.41, 5.74) is 6.69. The molecule has 2 N–H and O–H groups in total. The van der Waals surface area contributed by atoms with E-state index in [2.05, 4.69) is 9.88 Å². The molecule has 0 unspecified atom stereocenters. The number of hydrogen-bond donors (Lipinski definition) is 1. The van der Waals surface area contributed by atoms with Crippen molar-refractivity contribution in [2.24, 2.45) is 5.73 Å². The largest absolute Gasteiger partial charge is 0.352 e. The summed E-state index contributed by atoms with van der Waals surface area (Å²) in [6.45, 7) is 2.37. The molecule has 0 saturated heterocycles. The van der Waals surface area contributed by atoms with Gasteiger partial charge >= 0.3 is 0 Å². The Hall–Kier alpha value is -1.29. The van der Waals surface area contributed by atoms with E-state index in [0.29, 0.717) is 16.6 Å². The maximum atomic E-state index is 6.09. The van der Waals surface area contributed by atoms with Gasteiger partial charge in [-0.1, -0.05) is 35.3 Å². The van der Waals surface area contributed by atoms with E-state index < -0.39 is 0 Å². The SMILES string of the molecule is NCCCCN(Cc1ccc(Cl)c(Cl)c1)c1ccccn1. The average Bonchev–Trinajstić information content (AvgIpc) is 2.51. The molecule has 0 aliphatic carbocycles. The van der Waals surface area contributed by atoms with Crippen molar-refractivity contribution in [3.8, 4) is 0 Å². The molecule has 0 atom stereocenters. The second-order valence-corrected chi connectivity index (χ2v) is 5.67. The zero-order chi connectivity index (χ0) is 15.1. The van der Waals surface area contributed by atoms with E-state index in [1.54, 1.807) is 6.20 Å². The number of unbranched alkanes of at least 4 members (excludes halogenated alkanes) is 1. The van der Waals surface area contributed by atoms with Crippen LogP contribution in [0.15, 0.2) is 42.6 Å². The molecule has 1 aromatic heterocycles. The molecule has 0 saturated carbocycles. The second-order valence-electron chi connectivity index (χ2n) is 4.85. The van der Waals surface area contributed by atoms with Gasteiger partial charge in [0.1, 0.15) is 5.82 Å². The fourth-order valence-corrected chi connectivity index (χ4v) is 2.44. The second kappa shape index (κ2) is 8.23. The van der Waals surface area contributed by atoms with Gasteiger partial charge in [0.2, 0.25) is 0 Å². The molecule has 0 spiro atoms. The first-order valence-electron chi connectivity index (χ1n) is 7.00. The van der Waals surface area contributed by atoms with E-state index in [1.165, 1.54) is 0 Å². The number of nitrogens with two attached hydrogens (primary N) is 1. The number of hydrogen-bond acceptors (Lipinski definition) is 3. The number of aromatic nitrogens is 1. The van der Waals surface area contributed by atoms with Gasteiger partial charge in [0, 0.05) is 19.3 Å². The third-order valence-corrected chi connectivity index (χ3v) is 3.95. The lowest BCUT2D eigenvalue weighted by Crippen LogP contribution is -2.25. The zero-order valence-electron chi connectivity index (χ0n) is 11.8. The van der Waals surface area contributed by atoms with Crippen LogP contribution in [0.25, 0.3) is 0 Å². The molecule has 5 heteroatoms. The molecule has 0 bridgehead atoms. The molecule has 1 aromatic carbocycles. The molecule has 2 rings (SSSR count). The van der Waals surface area contributed by atoms with E-state index in [4.69, 9.17) is 28.9 Å². The summed E-state index contributed by atoms with van der Waals surface area (Å²) in [6, 6.07) is 11.7. The number of pyridine rings is 1. The monoisotopic (exact) mass is 323 g/mol. The quantitative estimate of drug-likeness (QED) is 0.779. The summed E-state index contributed by atoms with van der Waals surface area (Å²) < 4.78 is 0. The van der Waals surface area contributed by atoms with Crippen molar-refractivity contribution in [2.75, 3.05) is 18.0 Å². The van der Waals surface area contributed by atoms with Gasteiger partial charge in [0.15, 0.2) is 0 Å². The van der Waals surface area contributed by atoms with Gasteiger partial charge in [-0.3, -0.25) is 0 Å². The maximum absolute atomic E-state index is 6.09. The van der Waals surface area contributed by atoms with Gasteiger partial charge in [0.25, 0.3) is 0 Å². The molecular weight excluding hydrogens is 305 g/mol. The first-order chi connectivity index (χ1) is 10.2. The summed E-state index contributed by atoms with van der Waals surface area (Å²) in [5.74, 6) is 0.959. The van der Waals surface area contributed by atoms with Gasteiger partial charge in [-0.15, -0.1) is 0 Å². The van der Waals surface area contributed by atoms with Crippen LogP contribution < -0.4 is 10.6 Å². The van der Waals surface area contributed by atoms with E-state index in [0.717, 1.165) is 37.3 Å². The lowest BCUT2D eigenvalue weighted by atomic mass is 10.2. The molecule has 2 aromatic rings. The predicted molar refractivity (Wildman–Crippen MR) is 90.0 cm³/mol. The molecule has 0 amide bonds. The van der Waals surface area contributed by atoms with E-state index in [1.807, 2.05) is 36.4 Å². The normalized spacial score (nSPS) is 10.6. The Kier molecular flexibility index (Phi) is 6.30. The first-order valence-corrected chi connectivity index (χ1v) is 7.76. The lowest BCUT2D eigenvalue weighted by molar-refractivity contribution is 0.685. The minimum absolute atomic E-state index is 0.577. The van der Waals surface area contributed by atoms with Crippen molar-refractivity contribution >= 4 is 29.0 Å². The Morgan fingerprint density at radius 2 is 1.90 bits per heavy atom. The molecule has 21 heavy (non-hydrogen) atoms. The van der Waals surface area contributed by atoms with Crippen LogP contribution in [-0.2, 0) is 6.54 Å².